The Bertz CT molecular complexity index is 1340. The van der Waals surface area contributed by atoms with E-state index in [0.717, 1.165) is 18.3 Å². The third-order valence-electron chi connectivity index (χ3n) is 6.66. The van der Waals surface area contributed by atoms with Crippen molar-refractivity contribution in [2.75, 3.05) is 0 Å². The predicted octanol–water partition coefficient (Wildman–Crippen LogP) is 6.94. The van der Waals surface area contributed by atoms with Crippen molar-refractivity contribution in [3.05, 3.63) is 94.2 Å². The Morgan fingerprint density at radius 2 is 1.84 bits per heavy atom. The highest BCUT2D eigenvalue weighted by Crippen LogP contribution is 2.40. The van der Waals surface area contributed by atoms with E-state index < -0.39 is 35.8 Å². The number of hydrogen-bond donors (Lipinski definition) is 1. The number of halogens is 5. The fourth-order valence-electron chi connectivity index (χ4n) is 4.64. The van der Waals surface area contributed by atoms with Crippen LogP contribution in [0.3, 0.4) is 0 Å². The molecule has 1 N–H and O–H groups in total. The van der Waals surface area contributed by atoms with E-state index >= 15 is 0 Å². The molecule has 1 aromatic heterocycles. The van der Waals surface area contributed by atoms with Crippen LogP contribution in [0.15, 0.2) is 61.3 Å². The van der Waals surface area contributed by atoms with Gasteiger partial charge < -0.3 is 15.1 Å². The average Bonchev–Trinajstić information content (AvgIpc) is 2.84. The number of carbonyl (C=O) groups is 1. The topological polar surface area (TPSA) is 73.5 Å². The minimum absolute atomic E-state index is 0.0221. The summed E-state index contributed by atoms with van der Waals surface area (Å²) in [5.74, 6) is -2.90. The maximum atomic E-state index is 14.8. The van der Waals surface area contributed by atoms with Crippen LogP contribution in [0.1, 0.15) is 42.0 Å². The number of aromatic nitrogens is 1. The molecule has 0 aliphatic heterocycles. The number of ether oxygens (including phenoxy) is 1. The second-order valence-corrected chi connectivity index (χ2v) is 9.70. The van der Waals surface area contributed by atoms with E-state index in [-0.39, 0.29) is 59.4 Å². The van der Waals surface area contributed by atoms with Gasteiger partial charge in [0.15, 0.2) is 17.8 Å². The van der Waals surface area contributed by atoms with Crippen LogP contribution in [-0.2, 0) is 11.2 Å². The fourth-order valence-corrected chi connectivity index (χ4v) is 4.80. The molecule has 1 heterocycles. The molecular weight excluding hydrogens is 526 g/mol. The van der Waals surface area contributed by atoms with Gasteiger partial charge in [-0.15, -0.1) is 0 Å². The molecule has 1 aliphatic rings. The van der Waals surface area contributed by atoms with Crippen LogP contribution < -0.4 is 9.47 Å². The summed E-state index contributed by atoms with van der Waals surface area (Å²) in [5.41, 5.74) is 0.725. The first kappa shape index (κ1) is 27.4. The lowest BCUT2D eigenvalue weighted by atomic mass is 9.75. The summed E-state index contributed by atoms with van der Waals surface area (Å²) < 4.78 is 58.9. The van der Waals surface area contributed by atoms with Crippen LogP contribution in [0.5, 0.6) is 5.75 Å². The number of aliphatic hydroxyl groups is 1. The van der Waals surface area contributed by atoms with Crippen LogP contribution in [0.25, 0.3) is 16.9 Å². The van der Waals surface area contributed by atoms with E-state index in [4.69, 9.17) is 11.6 Å². The molecule has 10 heteroatoms. The molecule has 200 valence electrons. The molecule has 2 aromatic carbocycles. The Labute approximate surface area is 221 Å². The number of ketones is 1. The van der Waals surface area contributed by atoms with E-state index in [1.807, 2.05) is 0 Å². The molecule has 4 rings (SSSR count). The molecule has 0 spiro atoms. The lowest BCUT2D eigenvalue weighted by Crippen LogP contribution is -2.38. The zero-order valence-corrected chi connectivity index (χ0v) is 20.8. The molecule has 5 nitrogen and oxygen atoms in total. The van der Waals surface area contributed by atoms with Crippen LogP contribution in [0.4, 0.5) is 17.6 Å². The van der Waals surface area contributed by atoms with Crippen molar-refractivity contribution in [2.24, 2.45) is 5.92 Å². The number of carbonyl (C=O) groups excluding carboxylic acids is 1. The molecule has 1 unspecified atom stereocenters. The maximum Gasteiger partial charge on any atom is 0.387 e. The molecule has 0 saturated heterocycles. The van der Waals surface area contributed by atoms with Crippen molar-refractivity contribution in [3.63, 3.8) is 0 Å². The van der Waals surface area contributed by atoms with Gasteiger partial charge in [-0.2, -0.15) is 13.5 Å². The molecule has 1 atom stereocenters. The Morgan fingerprint density at radius 1 is 1.16 bits per heavy atom. The van der Waals surface area contributed by atoms with Crippen LogP contribution in [0, 0.1) is 16.9 Å². The molecule has 0 amide bonds. The van der Waals surface area contributed by atoms with Crippen LogP contribution in [-0.4, -0.2) is 23.7 Å². The summed E-state index contributed by atoms with van der Waals surface area (Å²) in [4.78, 5) is 13.4. The first-order valence-corrected chi connectivity index (χ1v) is 12.2. The van der Waals surface area contributed by atoms with Crippen molar-refractivity contribution in [2.45, 2.75) is 44.4 Å². The Hall–Kier alpha value is -3.59. The van der Waals surface area contributed by atoms with E-state index in [1.54, 1.807) is 24.3 Å². The first-order chi connectivity index (χ1) is 18.0. The van der Waals surface area contributed by atoms with Crippen molar-refractivity contribution in [1.82, 2.24) is 0 Å². The largest absolute Gasteiger partial charge is 0.618 e. The van der Waals surface area contributed by atoms with Gasteiger partial charge in [0.1, 0.15) is 23.6 Å². The van der Waals surface area contributed by atoms with E-state index in [2.05, 4.69) is 11.3 Å². The van der Waals surface area contributed by atoms with Gasteiger partial charge in [0.05, 0.1) is 16.1 Å². The fraction of sp³-hybridized carbons (Fsp3) is 0.286. The second-order valence-electron chi connectivity index (χ2n) is 9.29. The van der Waals surface area contributed by atoms with Gasteiger partial charge in [0, 0.05) is 18.1 Å². The molecule has 38 heavy (non-hydrogen) atoms. The monoisotopic (exact) mass is 549 g/mol. The summed E-state index contributed by atoms with van der Waals surface area (Å²) in [5, 5.41) is 22.3. The Morgan fingerprint density at radius 3 is 2.42 bits per heavy atom. The SMILES string of the molecule is C=C(O)c1ccc(CC(=O)C(CC2CC(F)C2)c2ccc(-c3c(OC(F)F)ccc(Cl)c3F)c[n+]2[O-])cc1. The summed E-state index contributed by atoms with van der Waals surface area (Å²) in [6, 6.07) is 11.3. The summed E-state index contributed by atoms with van der Waals surface area (Å²) in [6.07, 6.45) is 0.828. The zero-order valence-electron chi connectivity index (χ0n) is 20.1. The molecule has 1 aliphatic carbocycles. The maximum absolute atomic E-state index is 14.8. The van der Waals surface area contributed by atoms with E-state index in [0.29, 0.717) is 15.9 Å². The number of benzene rings is 2. The third-order valence-corrected chi connectivity index (χ3v) is 6.96. The van der Waals surface area contributed by atoms with Crippen LogP contribution >= 0.6 is 11.6 Å². The normalized spacial score (nSPS) is 17.6. The number of aliphatic hydroxyl groups excluding tert-OH is 1. The van der Waals surface area contributed by atoms with Gasteiger partial charge in [0.2, 0.25) is 5.69 Å². The van der Waals surface area contributed by atoms with E-state index in [1.165, 1.54) is 12.1 Å². The molecule has 0 bridgehead atoms. The minimum Gasteiger partial charge on any atom is -0.618 e. The first-order valence-electron chi connectivity index (χ1n) is 11.8. The van der Waals surface area contributed by atoms with Crippen molar-refractivity contribution < 1.29 is 36.9 Å². The minimum atomic E-state index is -3.23. The van der Waals surface area contributed by atoms with Gasteiger partial charge in [-0.1, -0.05) is 42.4 Å². The average molecular weight is 550 g/mol. The third kappa shape index (κ3) is 6.10. The lowest BCUT2D eigenvalue weighted by Gasteiger charge is -2.31. The highest BCUT2D eigenvalue weighted by molar-refractivity contribution is 6.31. The zero-order chi connectivity index (χ0) is 27.6. The number of hydrogen-bond acceptors (Lipinski definition) is 4. The quantitative estimate of drug-likeness (QED) is 0.129. The van der Waals surface area contributed by atoms with Crippen LogP contribution in [0.2, 0.25) is 5.02 Å². The highest BCUT2D eigenvalue weighted by Gasteiger charge is 2.37. The van der Waals surface area contributed by atoms with Crippen molar-refractivity contribution in [3.8, 4) is 16.9 Å². The molecule has 1 fully saturated rings. The number of rotatable bonds is 10. The summed E-state index contributed by atoms with van der Waals surface area (Å²) >= 11 is 5.83. The standard InChI is InChI=1S/C28H24ClF4NO4/c1-15(35)18-4-2-16(3-5-18)13-24(36)21(12-17-10-20(30)11-17)23-8-6-19(14-34(23)37)26-25(38-28(32)33)9-7-22(29)27(26)31/h2-9,14,17,20-21,28,35H,1,10-13H2. The molecule has 3 aromatic rings. The summed E-state index contributed by atoms with van der Waals surface area (Å²) in [6.45, 7) is 0.217. The van der Waals surface area contributed by atoms with Gasteiger partial charge in [-0.25, -0.2) is 8.78 Å². The molecule has 1 saturated carbocycles. The molecule has 0 radical (unpaired) electrons. The van der Waals surface area contributed by atoms with Gasteiger partial charge in [-0.3, -0.25) is 4.79 Å². The molecular formula is C28H24ClF4NO4. The highest BCUT2D eigenvalue weighted by atomic mass is 35.5. The lowest BCUT2D eigenvalue weighted by molar-refractivity contribution is -0.614. The van der Waals surface area contributed by atoms with E-state index in [9.17, 15) is 32.7 Å². The number of pyridine rings is 1. The summed E-state index contributed by atoms with van der Waals surface area (Å²) in [7, 11) is 0. The Balaban J connectivity index is 1.66. The second kappa shape index (κ2) is 11.4. The van der Waals surface area contributed by atoms with Crippen molar-refractivity contribution >= 4 is 23.1 Å². The van der Waals surface area contributed by atoms with Gasteiger partial charge >= 0.3 is 6.61 Å². The van der Waals surface area contributed by atoms with Crippen molar-refractivity contribution in [1.29, 1.82) is 0 Å². The number of Topliss-reactive ketones (excluding diaryl/α,β-unsaturated/α-hetero) is 1. The predicted molar refractivity (Wildman–Crippen MR) is 134 cm³/mol. The Kier molecular flexibility index (Phi) is 8.26. The van der Waals surface area contributed by atoms with Gasteiger partial charge in [-0.05, 0) is 48.9 Å². The smallest absolute Gasteiger partial charge is 0.387 e. The number of nitrogens with zero attached hydrogens (tertiary/aromatic N) is 1. The number of alkyl halides is 3. The van der Waals surface area contributed by atoms with Gasteiger partial charge in [0.25, 0.3) is 0 Å².